The van der Waals surface area contributed by atoms with Crippen molar-refractivity contribution in [2.75, 3.05) is 31.7 Å². The monoisotopic (exact) mass is 248 g/mol. The molecule has 3 nitrogen and oxygen atoms in total. The van der Waals surface area contributed by atoms with Gasteiger partial charge in [0.15, 0.2) is 0 Å². The Morgan fingerprint density at radius 1 is 1.28 bits per heavy atom. The molecule has 0 aliphatic carbocycles. The molecule has 2 N–H and O–H groups in total. The summed E-state index contributed by atoms with van der Waals surface area (Å²) in [6, 6.07) is 6.92. The predicted octanol–water partition coefficient (Wildman–Crippen LogP) is 2.10. The Morgan fingerprint density at radius 3 is 2.56 bits per heavy atom. The average Bonchev–Trinajstić information content (AvgIpc) is 2.31. The first-order chi connectivity index (χ1) is 8.56. The van der Waals surface area contributed by atoms with Crippen LogP contribution in [0, 0.1) is 19.8 Å². The van der Waals surface area contributed by atoms with E-state index in [-0.39, 0.29) is 6.04 Å². The minimum atomic E-state index is 0.270. The predicted molar refractivity (Wildman–Crippen MR) is 76.1 cm³/mol. The van der Waals surface area contributed by atoms with Gasteiger partial charge in [-0.15, -0.1) is 0 Å². The number of aryl methyl sites for hydroxylation is 2. The van der Waals surface area contributed by atoms with E-state index in [2.05, 4.69) is 44.0 Å². The Kier molecular flexibility index (Phi) is 4.25. The molecule has 3 heteroatoms. The maximum absolute atomic E-state index is 6.16. The number of anilines is 1. The summed E-state index contributed by atoms with van der Waals surface area (Å²) in [5.41, 5.74) is 10.0. The third-order valence-corrected chi connectivity index (χ3v) is 3.69. The van der Waals surface area contributed by atoms with Crippen molar-refractivity contribution < 1.29 is 4.74 Å². The van der Waals surface area contributed by atoms with Crippen LogP contribution >= 0.6 is 0 Å². The van der Waals surface area contributed by atoms with Crippen molar-refractivity contribution in [2.45, 2.75) is 26.3 Å². The van der Waals surface area contributed by atoms with Gasteiger partial charge in [0.1, 0.15) is 0 Å². The highest BCUT2D eigenvalue weighted by Gasteiger charge is 2.23. The highest BCUT2D eigenvalue weighted by atomic mass is 16.5. The Morgan fingerprint density at radius 2 is 1.94 bits per heavy atom. The summed E-state index contributed by atoms with van der Waals surface area (Å²) in [5.74, 6) is 0.435. The molecule has 1 fully saturated rings. The smallest absolute Gasteiger partial charge is 0.0526 e. The van der Waals surface area contributed by atoms with Gasteiger partial charge >= 0.3 is 0 Å². The SMILES string of the molecule is Cc1cc(C)cc(N(C)CC2COCCC2N)c1. The first-order valence-electron chi connectivity index (χ1n) is 6.69. The van der Waals surface area contributed by atoms with E-state index in [1.165, 1.54) is 16.8 Å². The first-order valence-corrected chi connectivity index (χ1v) is 6.69. The molecule has 1 aromatic carbocycles. The fourth-order valence-electron chi connectivity index (χ4n) is 2.63. The number of hydrogen-bond acceptors (Lipinski definition) is 3. The molecule has 1 heterocycles. The van der Waals surface area contributed by atoms with Crippen molar-refractivity contribution in [3.8, 4) is 0 Å². The van der Waals surface area contributed by atoms with E-state index in [4.69, 9.17) is 10.5 Å². The molecule has 2 atom stereocenters. The summed E-state index contributed by atoms with van der Waals surface area (Å²) in [6.07, 6.45) is 0.978. The quantitative estimate of drug-likeness (QED) is 0.890. The van der Waals surface area contributed by atoms with Gasteiger partial charge in [-0.25, -0.2) is 0 Å². The van der Waals surface area contributed by atoms with Crippen LogP contribution in [-0.4, -0.2) is 32.8 Å². The van der Waals surface area contributed by atoms with E-state index < -0.39 is 0 Å². The average molecular weight is 248 g/mol. The number of rotatable bonds is 3. The summed E-state index contributed by atoms with van der Waals surface area (Å²) < 4.78 is 5.53. The molecule has 0 amide bonds. The van der Waals surface area contributed by atoms with Gasteiger partial charge in [0.2, 0.25) is 0 Å². The highest BCUT2D eigenvalue weighted by Crippen LogP contribution is 2.21. The zero-order chi connectivity index (χ0) is 13.1. The summed E-state index contributed by atoms with van der Waals surface area (Å²) in [7, 11) is 2.13. The minimum absolute atomic E-state index is 0.270. The van der Waals surface area contributed by atoms with Gasteiger partial charge in [-0.05, 0) is 43.5 Å². The van der Waals surface area contributed by atoms with Crippen LogP contribution in [0.3, 0.4) is 0 Å². The highest BCUT2D eigenvalue weighted by molar-refractivity contribution is 5.50. The Labute approximate surface area is 110 Å². The van der Waals surface area contributed by atoms with E-state index in [1.807, 2.05) is 0 Å². The molecule has 2 unspecified atom stereocenters. The van der Waals surface area contributed by atoms with Gasteiger partial charge in [0.25, 0.3) is 0 Å². The molecule has 1 aliphatic rings. The molecule has 0 saturated carbocycles. The number of ether oxygens (including phenoxy) is 1. The van der Waals surface area contributed by atoms with Crippen LogP contribution in [0.1, 0.15) is 17.5 Å². The standard InChI is InChI=1S/C15H24N2O/c1-11-6-12(2)8-14(7-11)17(3)9-13-10-18-5-4-15(13)16/h6-8,13,15H,4-5,9-10,16H2,1-3H3. The third kappa shape index (κ3) is 3.24. The Balaban J connectivity index is 2.04. The van der Waals surface area contributed by atoms with E-state index in [0.29, 0.717) is 5.92 Å². The molecule has 2 rings (SSSR count). The van der Waals surface area contributed by atoms with Crippen molar-refractivity contribution in [1.29, 1.82) is 0 Å². The van der Waals surface area contributed by atoms with E-state index in [0.717, 1.165) is 26.2 Å². The lowest BCUT2D eigenvalue weighted by Gasteiger charge is -2.33. The first kappa shape index (κ1) is 13.4. The lowest BCUT2D eigenvalue weighted by molar-refractivity contribution is 0.0450. The number of nitrogens with zero attached hydrogens (tertiary/aromatic N) is 1. The fraction of sp³-hybridized carbons (Fsp3) is 0.600. The number of nitrogens with two attached hydrogens (primary N) is 1. The molecule has 1 aliphatic heterocycles. The van der Waals surface area contributed by atoms with Crippen molar-refractivity contribution in [1.82, 2.24) is 0 Å². The topological polar surface area (TPSA) is 38.5 Å². The summed E-state index contributed by atoms with van der Waals surface area (Å²) >= 11 is 0. The molecular formula is C15H24N2O. The maximum Gasteiger partial charge on any atom is 0.0526 e. The molecule has 0 bridgehead atoms. The van der Waals surface area contributed by atoms with Gasteiger partial charge in [0, 0.05) is 37.8 Å². The zero-order valence-corrected chi connectivity index (χ0v) is 11.6. The van der Waals surface area contributed by atoms with Gasteiger partial charge in [0.05, 0.1) is 6.61 Å². The van der Waals surface area contributed by atoms with Crippen LogP contribution in [0.2, 0.25) is 0 Å². The molecule has 0 spiro atoms. The second-order valence-electron chi connectivity index (χ2n) is 5.51. The van der Waals surface area contributed by atoms with Gasteiger partial charge in [-0.1, -0.05) is 6.07 Å². The minimum Gasteiger partial charge on any atom is -0.381 e. The lowest BCUT2D eigenvalue weighted by atomic mass is 9.96. The van der Waals surface area contributed by atoms with Crippen molar-refractivity contribution in [3.63, 3.8) is 0 Å². The third-order valence-electron chi connectivity index (χ3n) is 3.69. The van der Waals surface area contributed by atoms with Gasteiger partial charge in [-0.2, -0.15) is 0 Å². The molecular weight excluding hydrogens is 224 g/mol. The summed E-state index contributed by atoms with van der Waals surface area (Å²) in [6.45, 7) is 6.84. The van der Waals surface area contributed by atoms with Crippen LogP contribution in [-0.2, 0) is 4.74 Å². The van der Waals surface area contributed by atoms with Crippen LogP contribution in [0.25, 0.3) is 0 Å². The number of hydrogen-bond donors (Lipinski definition) is 1. The zero-order valence-electron chi connectivity index (χ0n) is 11.6. The molecule has 1 saturated heterocycles. The van der Waals surface area contributed by atoms with Crippen molar-refractivity contribution in [2.24, 2.45) is 11.7 Å². The molecule has 0 radical (unpaired) electrons. The van der Waals surface area contributed by atoms with Gasteiger partial charge in [-0.3, -0.25) is 0 Å². The summed E-state index contributed by atoms with van der Waals surface area (Å²) in [5, 5.41) is 0. The maximum atomic E-state index is 6.16. The summed E-state index contributed by atoms with van der Waals surface area (Å²) in [4.78, 5) is 2.29. The van der Waals surface area contributed by atoms with Crippen LogP contribution in [0.4, 0.5) is 5.69 Å². The fourth-order valence-corrected chi connectivity index (χ4v) is 2.63. The van der Waals surface area contributed by atoms with Gasteiger partial charge < -0.3 is 15.4 Å². The van der Waals surface area contributed by atoms with Crippen LogP contribution in [0.5, 0.6) is 0 Å². The molecule has 0 aromatic heterocycles. The van der Waals surface area contributed by atoms with E-state index in [9.17, 15) is 0 Å². The van der Waals surface area contributed by atoms with Crippen LogP contribution < -0.4 is 10.6 Å². The molecule has 18 heavy (non-hydrogen) atoms. The lowest BCUT2D eigenvalue weighted by Crippen LogP contribution is -2.44. The second kappa shape index (κ2) is 5.72. The number of benzene rings is 1. The van der Waals surface area contributed by atoms with Crippen molar-refractivity contribution in [3.05, 3.63) is 29.3 Å². The molecule has 1 aromatic rings. The van der Waals surface area contributed by atoms with Crippen molar-refractivity contribution >= 4 is 5.69 Å². The second-order valence-corrected chi connectivity index (χ2v) is 5.51. The molecule has 100 valence electrons. The Bertz CT molecular complexity index is 385. The van der Waals surface area contributed by atoms with E-state index >= 15 is 0 Å². The Hall–Kier alpha value is -1.06. The van der Waals surface area contributed by atoms with E-state index in [1.54, 1.807) is 0 Å². The van der Waals surface area contributed by atoms with Crippen LogP contribution in [0.15, 0.2) is 18.2 Å². The largest absolute Gasteiger partial charge is 0.381 e. The normalized spacial score (nSPS) is 24.0.